The van der Waals surface area contributed by atoms with Crippen LogP contribution in [0.15, 0.2) is 24.7 Å². The molecule has 4 N–H and O–H groups in total. The van der Waals surface area contributed by atoms with E-state index >= 15 is 0 Å². The maximum Gasteiger partial charge on any atom is 0.261 e. The summed E-state index contributed by atoms with van der Waals surface area (Å²) >= 11 is 0. The van der Waals surface area contributed by atoms with Gasteiger partial charge in [-0.1, -0.05) is 0 Å². The molecule has 0 aromatic carbocycles. The number of nitrogens with one attached hydrogen (secondary N) is 4. The number of halogens is 3. The van der Waals surface area contributed by atoms with E-state index in [9.17, 15) is 18.0 Å². The summed E-state index contributed by atoms with van der Waals surface area (Å²) in [5, 5.41) is 18.9. The summed E-state index contributed by atoms with van der Waals surface area (Å²) in [5.74, 6) is -0.158. The summed E-state index contributed by atoms with van der Waals surface area (Å²) in [7, 11) is 0. The molecule has 154 valence electrons. The normalized spacial score (nSPS) is 19.6. The molecule has 4 rings (SSSR count). The van der Waals surface area contributed by atoms with Crippen LogP contribution in [0.2, 0.25) is 0 Å². The molecule has 1 amide bonds. The lowest BCUT2D eigenvalue weighted by Gasteiger charge is -2.27. The molecule has 3 aromatic heterocycles. The van der Waals surface area contributed by atoms with Gasteiger partial charge in [-0.15, -0.1) is 0 Å². The molecule has 1 aliphatic heterocycles. The standard InChI is InChI=1S/C17H19F3N8O/c18-10-1-3-21-7-12(10)24-15-2-4-28-16(26-15)9(6-23-28)17(29)25-13-8-22-27-11(13)5-14(19)20/h2,4,6,8,10,12,14,21H,1,3,5,7H2,(H,22,27)(H,24,26)(H,25,29). The van der Waals surface area contributed by atoms with E-state index in [1.807, 2.05) is 0 Å². The molecule has 0 bridgehead atoms. The Morgan fingerprint density at radius 2 is 2.24 bits per heavy atom. The smallest absolute Gasteiger partial charge is 0.261 e. The van der Waals surface area contributed by atoms with Gasteiger partial charge in [0, 0.05) is 12.7 Å². The van der Waals surface area contributed by atoms with Gasteiger partial charge in [0.25, 0.3) is 5.91 Å². The van der Waals surface area contributed by atoms with E-state index in [0.717, 1.165) is 0 Å². The minimum atomic E-state index is -2.58. The van der Waals surface area contributed by atoms with Crippen molar-refractivity contribution in [3.63, 3.8) is 0 Å². The topological polar surface area (TPSA) is 112 Å². The second-order valence-electron chi connectivity index (χ2n) is 6.71. The number of hydrogen-bond acceptors (Lipinski definition) is 6. The molecule has 12 heteroatoms. The lowest BCUT2D eigenvalue weighted by Crippen LogP contribution is -2.46. The maximum atomic E-state index is 14.1. The van der Waals surface area contributed by atoms with E-state index in [2.05, 4.69) is 36.2 Å². The molecular formula is C17H19F3N8O. The first-order chi connectivity index (χ1) is 14.0. The number of alkyl halides is 3. The monoisotopic (exact) mass is 408 g/mol. The van der Waals surface area contributed by atoms with Crippen LogP contribution in [0.3, 0.4) is 0 Å². The van der Waals surface area contributed by atoms with Crippen molar-refractivity contribution in [1.29, 1.82) is 0 Å². The first-order valence-electron chi connectivity index (χ1n) is 9.08. The van der Waals surface area contributed by atoms with E-state index in [0.29, 0.717) is 25.3 Å². The van der Waals surface area contributed by atoms with Crippen LogP contribution in [-0.2, 0) is 6.42 Å². The maximum absolute atomic E-state index is 14.1. The molecule has 1 aliphatic rings. The zero-order valence-electron chi connectivity index (χ0n) is 15.2. The Kier molecular flexibility index (Phi) is 5.34. The van der Waals surface area contributed by atoms with Crippen molar-refractivity contribution in [2.75, 3.05) is 23.7 Å². The number of anilines is 2. The first kappa shape index (κ1) is 19.2. The van der Waals surface area contributed by atoms with Crippen LogP contribution in [0.25, 0.3) is 5.65 Å². The van der Waals surface area contributed by atoms with Crippen LogP contribution in [0.5, 0.6) is 0 Å². The third-order valence-electron chi connectivity index (χ3n) is 4.67. The summed E-state index contributed by atoms with van der Waals surface area (Å²) in [4.78, 5) is 17.0. The van der Waals surface area contributed by atoms with Gasteiger partial charge >= 0.3 is 0 Å². The fraction of sp³-hybridized carbons (Fsp3) is 0.412. The largest absolute Gasteiger partial charge is 0.363 e. The summed E-state index contributed by atoms with van der Waals surface area (Å²) < 4.78 is 40.7. The summed E-state index contributed by atoms with van der Waals surface area (Å²) in [6.45, 7) is 1.09. The van der Waals surface area contributed by atoms with Crippen molar-refractivity contribution in [3.8, 4) is 0 Å². The fourth-order valence-corrected chi connectivity index (χ4v) is 3.19. The Bertz CT molecular complexity index is 1000. The predicted octanol–water partition coefficient (Wildman–Crippen LogP) is 1.62. The molecule has 9 nitrogen and oxygen atoms in total. The van der Waals surface area contributed by atoms with E-state index in [1.165, 1.54) is 16.9 Å². The average Bonchev–Trinajstić information content (AvgIpc) is 3.30. The van der Waals surface area contributed by atoms with Gasteiger partial charge in [0.1, 0.15) is 17.6 Å². The number of amides is 1. The summed E-state index contributed by atoms with van der Waals surface area (Å²) in [6, 6.07) is 1.21. The lowest BCUT2D eigenvalue weighted by molar-refractivity contribution is 0.102. The highest BCUT2D eigenvalue weighted by atomic mass is 19.3. The third-order valence-corrected chi connectivity index (χ3v) is 4.67. The van der Waals surface area contributed by atoms with Crippen molar-refractivity contribution in [1.82, 2.24) is 30.1 Å². The summed E-state index contributed by atoms with van der Waals surface area (Å²) in [6.07, 6.45) is 0.462. The molecular weight excluding hydrogens is 389 g/mol. The number of piperidine rings is 1. The van der Waals surface area contributed by atoms with Crippen molar-refractivity contribution in [3.05, 3.63) is 35.9 Å². The number of rotatable bonds is 6. The van der Waals surface area contributed by atoms with Crippen LogP contribution in [0.4, 0.5) is 24.7 Å². The Labute approximate surface area is 163 Å². The Morgan fingerprint density at radius 1 is 1.38 bits per heavy atom. The second-order valence-corrected chi connectivity index (χ2v) is 6.71. The third kappa shape index (κ3) is 4.16. The molecule has 3 aromatic rings. The average molecular weight is 408 g/mol. The van der Waals surface area contributed by atoms with Gasteiger partial charge in [-0.2, -0.15) is 10.2 Å². The fourth-order valence-electron chi connectivity index (χ4n) is 3.19. The number of aromatic amines is 1. The molecule has 2 unspecified atom stereocenters. The van der Waals surface area contributed by atoms with Gasteiger partial charge in [0.05, 0.1) is 36.2 Å². The molecule has 1 fully saturated rings. The molecule has 29 heavy (non-hydrogen) atoms. The van der Waals surface area contributed by atoms with Crippen molar-refractivity contribution < 1.29 is 18.0 Å². The number of fused-ring (bicyclic) bond motifs is 1. The minimum Gasteiger partial charge on any atom is -0.363 e. The molecule has 0 radical (unpaired) electrons. The highest BCUT2D eigenvalue weighted by Gasteiger charge is 2.25. The second kappa shape index (κ2) is 8.07. The number of carbonyl (C=O) groups excluding carboxylic acids is 1. The van der Waals surface area contributed by atoms with Crippen LogP contribution in [-0.4, -0.2) is 62.4 Å². The molecule has 0 aliphatic carbocycles. The van der Waals surface area contributed by atoms with Gasteiger partial charge in [-0.05, 0) is 19.0 Å². The van der Waals surface area contributed by atoms with E-state index in [4.69, 9.17) is 0 Å². The minimum absolute atomic E-state index is 0.124. The van der Waals surface area contributed by atoms with Gasteiger partial charge in [-0.3, -0.25) is 9.89 Å². The quantitative estimate of drug-likeness (QED) is 0.493. The Balaban J connectivity index is 1.54. The Morgan fingerprint density at radius 3 is 3.03 bits per heavy atom. The number of aromatic nitrogens is 5. The number of nitrogens with zero attached hydrogens (tertiary/aromatic N) is 4. The molecule has 1 saturated heterocycles. The SMILES string of the molecule is O=C(Nc1cn[nH]c1CC(F)F)c1cnn2ccc(NC3CNCCC3F)nc12. The van der Waals surface area contributed by atoms with Crippen LogP contribution in [0.1, 0.15) is 22.5 Å². The number of H-pyrrole nitrogens is 1. The van der Waals surface area contributed by atoms with Crippen LogP contribution >= 0.6 is 0 Å². The summed E-state index contributed by atoms with van der Waals surface area (Å²) in [5.41, 5.74) is 0.693. The van der Waals surface area contributed by atoms with Gasteiger partial charge < -0.3 is 16.0 Å². The van der Waals surface area contributed by atoms with Crippen molar-refractivity contribution >= 4 is 23.1 Å². The zero-order chi connectivity index (χ0) is 20.4. The van der Waals surface area contributed by atoms with Crippen molar-refractivity contribution in [2.24, 2.45) is 0 Å². The van der Waals surface area contributed by atoms with E-state index < -0.39 is 31.0 Å². The lowest BCUT2D eigenvalue weighted by atomic mass is 10.1. The molecule has 2 atom stereocenters. The first-order valence-corrected chi connectivity index (χ1v) is 9.08. The molecule has 0 saturated carbocycles. The molecule has 4 heterocycles. The number of carbonyl (C=O) groups is 1. The van der Waals surface area contributed by atoms with Crippen molar-refractivity contribution in [2.45, 2.75) is 31.5 Å². The van der Waals surface area contributed by atoms with Crippen LogP contribution in [0, 0.1) is 0 Å². The van der Waals surface area contributed by atoms with Gasteiger partial charge in [0.15, 0.2) is 5.65 Å². The molecule has 0 spiro atoms. The highest BCUT2D eigenvalue weighted by molar-refractivity contribution is 6.08. The highest BCUT2D eigenvalue weighted by Crippen LogP contribution is 2.19. The van der Waals surface area contributed by atoms with Crippen LogP contribution < -0.4 is 16.0 Å². The predicted molar refractivity (Wildman–Crippen MR) is 99.0 cm³/mol. The van der Waals surface area contributed by atoms with E-state index in [-0.39, 0.29) is 22.6 Å². The van der Waals surface area contributed by atoms with Gasteiger partial charge in [0.2, 0.25) is 6.43 Å². The Hall–Kier alpha value is -3.15. The van der Waals surface area contributed by atoms with E-state index in [1.54, 1.807) is 12.3 Å². The zero-order valence-corrected chi connectivity index (χ0v) is 15.2. The van der Waals surface area contributed by atoms with Gasteiger partial charge in [-0.25, -0.2) is 22.7 Å². The number of hydrogen-bond donors (Lipinski definition) is 4.